The summed E-state index contributed by atoms with van der Waals surface area (Å²) < 4.78 is 41.9. The van der Waals surface area contributed by atoms with Crippen LogP contribution in [0, 0.1) is 5.82 Å². The van der Waals surface area contributed by atoms with Crippen molar-refractivity contribution in [2.24, 2.45) is 0 Å². The average molecular weight is 451 g/mol. The second kappa shape index (κ2) is 8.03. The van der Waals surface area contributed by atoms with Crippen LogP contribution in [0.1, 0.15) is 18.0 Å². The van der Waals surface area contributed by atoms with Crippen LogP contribution in [0.2, 0.25) is 0 Å². The summed E-state index contributed by atoms with van der Waals surface area (Å²) in [6, 6.07) is 22.0. The fourth-order valence-corrected chi connectivity index (χ4v) is 5.33. The van der Waals surface area contributed by atoms with Crippen LogP contribution in [0.3, 0.4) is 0 Å². The molecule has 1 aliphatic rings. The Balaban J connectivity index is 1.52. The molecule has 3 aromatic carbocycles. The lowest BCUT2D eigenvalue weighted by Gasteiger charge is -2.30. The van der Waals surface area contributed by atoms with Gasteiger partial charge in [-0.15, -0.1) is 0 Å². The van der Waals surface area contributed by atoms with Gasteiger partial charge in [0.1, 0.15) is 5.82 Å². The van der Waals surface area contributed by atoms with Crippen molar-refractivity contribution in [1.82, 2.24) is 14.5 Å². The van der Waals surface area contributed by atoms with Gasteiger partial charge in [0.15, 0.2) is 0 Å². The highest BCUT2D eigenvalue weighted by Gasteiger charge is 2.37. The highest BCUT2D eigenvalue weighted by atomic mass is 32.2. The van der Waals surface area contributed by atoms with Gasteiger partial charge in [0.25, 0.3) is 0 Å². The topological polar surface area (TPSA) is 67.2 Å². The first kappa shape index (κ1) is 20.7. The SMILES string of the molecule is CS(=O)(=O)N[C@H]1CCN(c2ccc3c(cnn3-c3ccc(F)cc3)c2)[C@@H]1c1ccccc1. The second-order valence-electron chi connectivity index (χ2n) is 8.11. The van der Waals surface area contributed by atoms with Crippen molar-refractivity contribution in [2.75, 3.05) is 17.7 Å². The van der Waals surface area contributed by atoms with E-state index in [0.717, 1.165) is 34.4 Å². The largest absolute Gasteiger partial charge is 0.363 e. The quantitative estimate of drug-likeness (QED) is 0.499. The Morgan fingerprint density at radius 1 is 1.00 bits per heavy atom. The Bertz CT molecular complexity index is 1350. The van der Waals surface area contributed by atoms with E-state index in [0.29, 0.717) is 6.42 Å². The van der Waals surface area contributed by atoms with Gasteiger partial charge in [-0.1, -0.05) is 30.3 Å². The maximum absolute atomic E-state index is 13.3. The highest BCUT2D eigenvalue weighted by Crippen LogP contribution is 2.38. The summed E-state index contributed by atoms with van der Waals surface area (Å²) in [6.45, 7) is 0.727. The van der Waals surface area contributed by atoms with Crippen LogP contribution < -0.4 is 9.62 Å². The average Bonchev–Trinajstić information content (AvgIpc) is 3.37. The summed E-state index contributed by atoms with van der Waals surface area (Å²) in [5.74, 6) is -0.286. The molecule has 2 heterocycles. The zero-order valence-electron chi connectivity index (χ0n) is 17.5. The van der Waals surface area contributed by atoms with Crippen molar-refractivity contribution in [2.45, 2.75) is 18.5 Å². The Hall–Kier alpha value is -3.23. The molecule has 1 aromatic heterocycles. The lowest BCUT2D eigenvalue weighted by Crippen LogP contribution is -2.39. The molecule has 0 spiro atoms. The van der Waals surface area contributed by atoms with E-state index < -0.39 is 10.0 Å². The molecule has 0 bridgehead atoms. The van der Waals surface area contributed by atoms with Gasteiger partial charge in [-0.3, -0.25) is 0 Å². The Morgan fingerprint density at radius 3 is 2.44 bits per heavy atom. The van der Waals surface area contributed by atoms with Crippen molar-refractivity contribution in [1.29, 1.82) is 0 Å². The normalized spacial score (nSPS) is 19.0. The predicted octanol–water partition coefficient (Wildman–Crippen LogP) is 4.03. The summed E-state index contributed by atoms with van der Waals surface area (Å²) >= 11 is 0. The molecule has 0 amide bonds. The van der Waals surface area contributed by atoms with Gasteiger partial charge in [0.2, 0.25) is 10.0 Å². The van der Waals surface area contributed by atoms with Crippen LogP contribution in [-0.2, 0) is 10.0 Å². The van der Waals surface area contributed by atoms with Crippen LogP contribution in [0.5, 0.6) is 0 Å². The number of aromatic nitrogens is 2. The number of hydrogen-bond donors (Lipinski definition) is 1. The zero-order chi connectivity index (χ0) is 22.3. The molecule has 0 unspecified atom stereocenters. The number of benzene rings is 3. The molecule has 2 atom stereocenters. The summed E-state index contributed by atoms with van der Waals surface area (Å²) in [6.07, 6.45) is 3.70. The molecular formula is C24H23FN4O2S. The number of rotatable bonds is 5. The molecule has 1 N–H and O–H groups in total. The smallest absolute Gasteiger partial charge is 0.209 e. The van der Waals surface area contributed by atoms with E-state index in [-0.39, 0.29) is 17.9 Å². The van der Waals surface area contributed by atoms with Crippen molar-refractivity contribution in [3.8, 4) is 5.69 Å². The number of fused-ring (bicyclic) bond motifs is 1. The minimum Gasteiger partial charge on any atom is -0.363 e. The number of nitrogens with one attached hydrogen (secondary N) is 1. The third-order valence-corrected chi connectivity index (χ3v) is 6.59. The van der Waals surface area contributed by atoms with E-state index >= 15 is 0 Å². The molecule has 32 heavy (non-hydrogen) atoms. The standard InChI is InChI=1S/C24H23FN4O2S/c1-32(30,31)27-22-13-14-28(24(22)17-5-3-2-4-6-17)21-11-12-23-18(15-21)16-26-29(23)20-9-7-19(25)8-10-20/h2-12,15-16,22,24,27H,13-14H2,1H3/t22-,24+/m0/s1. The van der Waals surface area contributed by atoms with Crippen LogP contribution in [0.4, 0.5) is 10.1 Å². The zero-order valence-corrected chi connectivity index (χ0v) is 18.3. The number of anilines is 1. The molecular weight excluding hydrogens is 427 g/mol. The van der Waals surface area contributed by atoms with Crippen LogP contribution in [0.15, 0.2) is 79.0 Å². The summed E-state index contributed by atoms with van der Waals surface area (Å²) in [5.41, 5.74) is 3.77. The molecule has 164 valence electrons. The molecule has 6 nitrogen and oxygen atoms in total. The van der Waals surface area contributed by atoms with Gasteiger partial charge in [0.05, 0.1) is 29.7 Å². The van der Waals surface area contributed by atoms with Gasteiger partial charge >= 0.3 is 0 Å². The second-order valence-corrected chi connectivity index (χ2v) is 9.89. The molecule has 1 fully saturated rings. The Morgan fingerprint density at radius 2 is 1.72 bits per heavy atom. The Labute approximate surface area is 186 Å². The van der Waals surface area contributed by atoms with Crippen molar-refractivity contribution >= 4 is 26.6 Å². The fraction of sp³-hybridized carbons (Fsp3) is 0.208. The van der Waals surface area contributed by atoms with E-state index in [1.165, 1.54) is 18.4 Å². The minimum absolute atomic E-state index is 0.115. The van der Waals surface area contributed by atoms with Crippen molar-refractivity contribution in [3.63, 3.8) is 0 Å². The maximum atomic E-state index is 13.3. The molecule has 0 aliphatic carbocycles. The molecule has 0 radical (unpaired) electrons. The Kier molecular flexibility index (Phi) is 5.19. The first-order valence-electron chi connectivity index (χ1n) is 10.4. The van der Waals surface area contributed by atoms with Gasteiger partial charge in [-0.25, -0.2) is 22.2 Å². The maximum Gasteiger partial charge on any atom is 0.209 e. The number of hydrogen-bond acceptors (Lipinski definition) is 4. The lowest BCUT2D eigenvalue weighted by molar-refractivity contribution is 0.529. The summed E-state index contributed by atoms with van der Waals surface area (Å²) in [4.78, 5) is 2.24. The third-order valence-electron chi connectivity index (χ3n) is 5.86. The molecule has 1 saturated heterocycles. The monoisotopic (exact) mass is 450 g/mol. The van der Waals surface area contributed by atoms with E-state index in [1.54, 1.807) is 23.0 Å². The van der Waals surface area contributed by atoms with E-state index in [2.05, 4.69) is 20.8 Å². The van der Waals surface area contributed by atoms with Gasteiger partial charge in [-0.05, 0) is 54.4 Å². The molecule has 8 heteroatoms. The van der Waals surface area contributed by atoms with Crippen LogP contribution in [0.25, 0.3) is 16.6 Å². The highest BCUT2D eigenvalue weighted by molar-refractivity contribution is 7.88. The number of nitrogens with zero attached hydrogens (tertiary/aromatic N) is 3. The van der Waals surface area contributed by atoms with Gasteiger partial charge in [0, 0.05) is 23.7 Å². The molecule has 5 rings (SSSR count). The minimum atomic E-state index is -3.34. The first-order valence-corrected chi connectivity index (χ1v) is 12.3. The third kappa shape index (κ3) is 3.99. The predicted molar refractivity (Wildman–Crippen MR) is 124 cm³/mol. The van der Waals surface area contributed by atoms with E-state index in [9.17, 15) is 12.8 Å². The van der Waals surface area contributed by atoms with E-state index in [1.807, 2.05) is 42.5 Å². The summed E-state index contributed by atoms with van der Waals surface area (Å²) in [5, 5.41) is 5.44. The first-order chi connectivity index (χ1) is 15.4. The van der Waals surface area contributed by atoms with E-state index in [4.69, 9.17) is 0 Å². The van der Waals surface area contributed by atoms with Crippen molar-refractivity contribution < 1.29 is 12.8 Å². The van der Waals surface area contributed by atoms with Gasteiger partial charge in [-0.2, -0.15) is 5.10 Å². The van der Waals surface area contributed by atoms with Crippen LogP contribution in [-0.4, -0.2) is 37.0 Å². The molecule has 4 aromatic rings. The summed E-state index contributed by atoms with van der Waals surface area (Å²) in [7, 11) is -3.34. The lowest BCUT2D eigenvalue weighted by atomic mass is 10.0. The van der Waals surface area contributed by atoms with Crippen LogP contribution >= 0.6 is 0 Å². The number of sulfonamides is 1. The molecule has 0 saturated carbocycles. The van der Waals surface area contributed by atoms with Gasteiger partial charge < -0.3 is 4.90 Å². The fourth-order valence-electron chi connectivity index (χ4n) is 4.53. The number of halogens is 1. The van der Waals surface area contributed by atoms with Crippen molar-refractivity contribution in [3.05, 3.63) is 90.4 Å². The molecule has 1 aliphatic heterocycles.